The molecule has 10 nitrogen and oxygen atoms in total. The molecule has 2 aliphatic carbocycles. The van der Waals surface area contributed by atoms with Crippen molar-refractivity contribution < 1.29 is 48.9 Å². The molecule has 10 heteroatoms. The fraction of sp³-hybridized carbons (Fsp3) is 0.621. The van der Waals surface area contributed by atoms with Gasteiger partial charge in [0.05, 0.1) is 43.7 Å². The maximum atomic E-state index is 11.9. The second-order valence-electron chi connectivity index (χ2n) is 21.2. The fourth-order valence-electron chi connectivity index (χ4n) is 9.73. The Morgan fingerprint density at radius 3 is 1.49 bits per heavy atom. The van der Waals surface area contributed by atoms with Crippen molar-refractivity contribution in [1.82, 2.24) is 0 Å². The van der Waals surface area contributed by atoms with Crippen LogP contribution in [0, 0.1) is 11.8 Å². The number of unbranched alkanes of at least 4 members (excludes halogenated alkanes) is 1. The second kappa shape index (κ2) is 39.8. The summed E-state index contributed by atoms with van der Waals surface area (Å²) >= 11 is 0. The van der Waals surface area contributed by atoms with Crippen LogP contribution in [0.2, 0.25) is 0 Å². The van der Waals surface area contributed by atoms with Crippen LogP contribution < -0.4 is 18.9 Å². The van der Waals surface area contributed by atoms with Gasteiger partial charge in [0.25, 0.3) is 0 Å². The Morgan fingerprint density at radius 2 is 1.00 bits per heavy atom. The van der Waals surface area contributed by atoms with Crippen molar-refractivity contribution in [2.24, 2.45) is 11.8 Å². The maximum Gasteiger partial charge on any atom is 0.162 e. The molecule has 426 valence electrons. The molecule has 76 heavy (non-hydrogen) atoms. The Hall–Kier alpha value is -4.45. The van der Waals surface area contributed by atoms with E-state index in [0.717, 1.165) is 154 Å². The molecule has 0 heterocycles. The fourth-order valence-corrected chi connectivity index (χ4v) is 9.73. The van der Waals surface area contributed by atoms with Gasteiger partial charge in [0.2, 0.25) is 0 Å². The lowest BCUT2D eigenvalue weighted by Gasteiger charge is -2.31. The summed E-state index contributed by atoms with van der Waals surface area (Å²) < 4.78 is 28.1. The van der Waals surface area contributed by atoms with Crippen LogP contribution in [0.5, 0.6) is 23.0 Å². The van der Waals surface area contributed by atoms with E-state index in [-0.39, 0.29) is 18.0 Å². The third-order valence-electron chi connectivity index (χ3n) is 14.2. The zero-order valence-corrected chi connectivity index (χ0v) is 48.2. The minimum atomic E-state index is -0.670. The third kappa shape index (κ3) is 27.2. The first-order valence-corrected chi connectivity index (χ1v) is 29.6. The Labute approximate surface area is 460 Å². The standard InChI is InChI=1S/C18H28O2.C17H26O3.C16H24O2.C15H24O3/c1-4-8-15(9-5-2)14-20-17-12-7-11-16(13-17)18(19)10-6-3;1-2-7-16(18)14-8-6-9-15(12-14)20-13-17(19)10-4-3-5-11-17;1-2-6-16(17)14-9-5-10-15(11-14)18-12-13-7-3-4-8-13;1-3-7-15(16)13-8-6-9-14(12-13)18-11-5-4-10-17-2/h7,11-13,15H,4-6,8-10,14H2,1-3H3;6,8-9,12,16,18-19H,2-5,7,10-11,13H2,1H3;5,9-11,13,16-17H,2-4,6-8,12H2,1H3;6,8-9,12,15-16H,3-5,7,10-11H2,1-2H3. The van der Waals surface area contributed by atoms with Crippen molar-refractivity contribution in [3.63, 3.8) is 0 Å². The first-order valence-electron chi connectivity index (χ1n) is 29.6. The molecule has 0 spiro atoms. The summed E-state index contributed by atoms with van der Waals surface area (Å²) in [4.78, 5) is 11.9. The minimum absolute atomic E-state index is 0.205. The highest BCUT2D eigenvalue weighted by molar-refractivity contribution is 5.96. The van der Waals surface area contributed by atoms with E-state index in [2.05, 4.69) is 34.6 Å². The van der Waals surface area contributed by atoms with E-state index in [0.29, 0.717) is 25.6 Å². The number of ketones is 1. The molecule has 0 amide bonds. The van der Waals surface area contributed by atoms with E-state index in [4.69, 9.17) is 23.7 Å². The van der Waals surface area contributed by atoms with Gasteiger partial charge >= 0.3 is 0 Å². The van der Waals surface area contributed by atoms with Gasteiger partial charge in [0.15, 0.2) is 5.78 Å². The highest BCUT2D eigenvalue weighted by Gasteiger charge is 2.30. The van der Waals surface area contributed by atoms with Gasteiger partial charge in [0.1, 0.15) is 29.6 Å². The second-order valence-corrected chi connectivity index (χ2v) is 21.2. The van der Waals surface area contributed by atoms with Crippen LogP contribution in [0.1, 0.15) is 235 Å². The van der Waals surface area contributed by atoms with Gasteiger partial charge in [-0.25, -0.2) is 0 Å². The smallest absolute Gasteiger partial charge is 0.162 e. The summed E-state index contributed by atoms with van der Waals surface area (Å²) in [5, 5.41) is 40.3. The average Bonchev–Trinajstić information content (AvgIpc) is 3.97. The molecule has 4 aromatic rings. The molecular formula is C66H102O10. The van der Waals surface area contributed by atoms with Gasteiger partial charge in [-0.3, -0.25) is 4.79 Å². The monoisotopic (exact) mass is 1050 g/mol. The predicted molar refractivity (Wildman–Crippen MR) is 311 cm³/mol. The molecule has 0 bridgehead atoms. The number of aliphatic hydroxyl groups excluding tert-OH is 3. The number of methoxy groups -OCH3 is 1. The highest BCUT2D eigenvalue weighted by Crippen LogP contribution is 2.31. The molecule has 0 aromatic heterocycles. The van der Waals surface area contributed by atoms with E-state index < -0.39 is 11.7 Å². The van der Waals surface area contributed by atoms with Gasteiger partial charge in [-0.1, -0.05) is 154 Å². The van der Waals surface area contributed by atoms with Crippen molar-refractivity contribution in [2.45, 2.75) is 213 Å². The van der Waals surface area contributed by atoms with Crippen molar-refractivity contribution in [3.05, 3.63) is 119 Å². The number of rotatable bonds is 31. The van der Waals surface area contributed by atoms with Gasteiger partial charge in [-0.05, 0) is 154 Å². The first-order chi connectivity index (χ1) is 36.9. The number of Topliss-reactive ketones (excluding diaryl/α,β-unsaturated/α-hetero) is 1. The molecule has 2 aliphatic rings. The van der Waals surface area contributed by atoms with Gasteiger partial charge in [-0.15, -0.1) is 0 Å². The zero-order chi connectivity index (χ0) is 55.2. The van der Waals surface area contributed by atoms with Gasteiger partial charge in [0, 0.05) is 25.7 Å². The summed E-state index contributed by atoms with van der Waals surface area (Å²) in [6.45, 7) is 16.1. The molecule has 4 N–H and O–H groups in total. The number of carbonyl (C=O) groups is 1. The number of ether oxygens (including phenoxy) is 5. The van der Waals surface area contributed by atoms with E-state index in [1.54, 1.807) is 7.11 Å². The van der Waals surface area contributed by atoms with E-state index in [1.165, 1.54) is 57.8 Å². The van der Waals surface area contributed by atoms with Crippen LogP contribution in [-0.2, 0) is 4.74 Å². The zero-order valence-electron chi connectivity index (χ0n) is 48.2. The molecule has 2 saturated carbocycles. The molecule has 0 aliphatic heterocycles. The van der Waals surface area contributed by atoms with E-state index in [9.17, 15) is 25.2 Å². The quantitative estimate of drug-likeness (QED) is 0.0284. The molecular weight excluding hydrogens is 953 g/mol. The Morgan fingerprint density at radius 1 is 0.539 bits per heavy atom. The van der Waals surface area contributed by atoms with Crippen LogP contribution in [-0.4, -0.2) is 72.0 Å². The number of aliphatic hydroxyl groups is 4. The molecule has 0 saturated heterocycles. The molecule has 3 unspecified atom stereocenters. The molecule has 2 fully saturated rings. The van der Waals surface area contributed by atoms with Crippen molar-refractivity contribution in [2.75, 3.05) is 40.1 Å². The molecule has 6 rings (SSSR count). The summed E-state index contributed by atoms with van der Waals surface area (Å²) in [5.74, 6) is 4.85. The topological polar surface area (TPSA) is 144 Å². The number of hydrogen-bond acceptors (Lipinski definition) is 10. The largest absolute Gasteiger partial charge is 0.494 e. The maximum absolute atomic E-state index is 11.9. The molecule has 3 atom stereocenters. The molecule has 4 aromatic carbocycles. The summed E-state index contributed by atoms with van der Waals surface area (Å²) in [6, 6.07) is 30.8. The Balaban J connectivity index is 0.000000267. The lowest BCUT2D eigenvalue weighted by atomic mass is 9.85. The SMILES string of the molecule is CCCC(=O)c1cccc(OCC(CCC)CCC)c1.CCCC(O)c1cccc(OCC2(O)CCCCC2)c1.CCCC(O)c1cccc(OCC2CCCC2)c1.CCCC(O)c1cccc(OCCCCOC)c1. The Kier molecular flexibility index (Phi) is 34.5. The first kappa shape index (κ1) is 65.8. The lowest BCUT2D eigenvalue weighted by molar-refractivity contribution is -0.0339. The summed E-state index contributed by atoms with van der Waals surface area (Å²) in [5.41, 5.74) is 2.90. The van der Waals surface area contributed by atoms with Crippen molar-refractivity contribution in [3.8, 4) is 23.0 Å². The van der Waals surface area contributed by atoms with E-state index in [1.807, 2.05) is 104 Å². The van der Waals surface area contributed by atoms with Crippen molar-refractivity contribution in [1.29, 1.82) is 0 Å². The summed E-state index contributed by atoms with van der Waals surface area (Å²) in [7, 11) is 1.71. The summed E-state index contributed by atoms with van der Waals surface area (Å²) in [6.07, 6.45) is 22.7. The average molecular weight is 1060 g/mol. The van der Waals surface area contributed by atoms with Crippen LogP contribution in [0.25, 0.3) is 0 Å². The third-order valence-corrected chi connectivity index (χ3v) is 14.2. The molecule has 0 radical (unpaired) electrons. The van der Waals surface area contributed by atoms with Gasteiger partial charge in [-0.2, -0.15) is 0 Å². The van der Waals surface area contributed by atoms with Gasteiger partial charge < -0.3 is 44.1 Å². The lowest BCUT2D eigenvalue weighted by Crippen LogP contribution is -2.37. The number of benzene rings is 4. The number of hydrogen-bond donors (Lipinski definition) is 4. The normalized spacial score (nSPS) is 15.2. The minimum Gasteiger partial charge on any atom is -0.494 e. The predicted octanol–water partition coefficient (Wildman–Crippen LogP) is 16.3. The van der Waals surface area contributed by atoms with Crippen LogP contribution in [0.15, 0.2) is 97.1 Å². The number of carbonyl (C=O) groups excluding carboxylic acids is 1. The Bertz CT molecular complexity index is 2070. The van der Waals surface area contributed by atoms with Crippen LogP contribution in [0.3, 0.4) is 0 Å². The van der Waals surface area contributed by atoms with Crippen LogP contribution >= 0.6 is 0 Å². The van der Waals surface area contributed by atoms with Crippen molar-refractivity contribution >= 4 is 5.78 Å². The van der Waals surface area contributed by atoms with E-state index >= 15 is 0 Å². The van der Waals surface area contributed by atoms with Crippen LogP contribution in [0.4, 0.5) is 0 Å². The highest BCUT2D eigenvalue weighted by atomic mass is 16.5.